The number of rotatable bonds is 4. The van der Waals surface area contributed by atoms with Gasteiger partial charge in [-0.25, -0.2) is 0 Å². The van der Waals surface area contributed by atoms with Crippen LogP contribution in [-0.2, 0) is 9.59 Å². The molecule has 1 aromatic rings. The maximum Gasteiger partial charge on any atom is 0.227 e. The largest absolute Gasteiger partial charge is 0.326 e. The summed E-state index contributed by atoms with van der Waals surface area (Å²) in [7, 11) is 0. The van der Waals surface area contributed by atoms with Crippen LogP contribution >= 0.6 is 0 Å². The van der Waals surface area contributed by atoms with Gasteiger partial charge in [0.1, 0.15) is 0 Å². The van der Waals surface area contributed by atoms with E-state index >= 15 is 0 Å². The van der Waals surface area contributed by atoms with E-state index < -0.39 is 0 Å². The number of benzene rings is 1. The first-order chi connectivity index (χ1) is 10.1. The molecule has 1 aromatic carbocycles. The van der Waals surface area contributed by atoms with Gasteiger partial charge in [-0.2, -0.15) is 0 Å². The van der Waals surface area contributed by atoms with Crippen molar-refractivity contribution in [3.05, 3.63) is 23.8 Å². The molecule has 114 valence electrons. The van der Waals surface area contributed by atoms with E-state index in [4.69, 9.17) is 0 Å². The van der Waals surface area contributed by atoms with Crippen molar-refractivity contribution in [3.63, 3.8) is 0 Å². The van der Waals surface area contributed by atoms with Gasteiger partial charge in [-0.1, -0.05) is 32.3 Å². The minimum absolute atomic E-state index is 0.0196. The zero-order valence-electron chi connectivity index (χ0n) is 12.9. The zero-order valence-corrected chi connectivity index (χ0v) is 12.9. The van der Waals surface area contributed by atoms with E-state index in [1.165, 1.54) is 6.42 Å². The van der Waals surface area contributed by atoms with Gasteiger partial charge in [0.05, 0.1) is 0 Å². The van der Waals surface area contributed by atoms with Gasteiger partial charge in [-0.15, -0.1) is 0 Å². The Hall–Kier alpha value is -1.84. The molecule has 4 heteroatoms. The molecule has 0 aromatic heterocycles. The molecule has 2 N–H and O–H groups in total. The van der Waals surface area contributed by atoms with Crippen LogP contribution in [0.3, 0.4) is 0 Å². The summed E-state index contributed by atoms with van der Waals surface area (Å²) in [4.78, 5) is 23.8. The SMILES string of the molecule is CCC(=O)Nc1cccc(NC(=O)C2CCCCC2)c1C. The molecule has 21 heavy (non-hydrogen) atoms. The highest BCUT2D eigenvalue weighted by atomic mass is 16.2. The topological polar surface area (TPSA) is 58.2 Å². The van der Waals surface area contributed by atoms with E-state index in [-0.39, 0.29) is 17.7 Å². The summed E-state index contributed by atoms with van der Waals surface area (Å²) < 4.78 is 0. The van der Waals surface area contributed by atoms with Crippen LogP contribution in [0.25, 0.3) is 0 Å². The van der Waals surface area contributed by atoms with E-state index in [1.807, 2.05) is 32.0 Å². The van der Waals surface area contributed by atoms with Crippen LogP contribution < -0.4 is 10.6 Å². The van der Waals surface area contributed by atoms with Gasteiger partial charge in [-0.05, 0) is 37.5 Å². The Morgan fingerprint density at radius 3 is 2.33 bits per heavy atom. The fourth-order valence-corrected chi connectivity index (χ4v) is 2.74. The molecule has 0 spiro atoms. The number of amides is 2. The molecule has 0 atom stereocenters. The van der Waals surface area contributed by atoms with Crippen molar-refractivity contribution in [2.24, 2.45) is 5.92 Å². The average molecular weight is 288 g/mol. The van der Waals surface area contributed by atoms with Gasteiger partial charge in [-0.3, -0.25) is 9.59 Å². The van der Waals surface area contributed by atoms with E-state index in [0.29, 0.717) is 6.42 Å². The van der Waals surface area contributed by atoms with Crippen LogP contribution in [0.15, 0.2) is 18.2 Å². The van der Waals surface area contributed by atoms with Gasteiger partial charge in [0.15, 0.2) is 0 Å². The van der Waals surface area contributed by atoms with Crippen LogP contribution in [0.2, 0.25) is 0 Å². The second kappa shape index (κ2) is 7.25. The molecule has 2 amide bonds. The summed E-state index contributed by atoms with van der Waals surface area (Å²) in [6.07, 6.45) is 5.93. The van der Waals surface area contributed by atoms with Crippen molar-refractivity contribution in [1.82, 2.24) is 0 Å². The molecule has 0 heterocycles. The van der Waals surface area contributed by atoms with Crippen molar-refractivity contribution < 1.29 is 9.59 Å². The Kier molecular flexibility index (Phi) is 5.37. The number of carbonyl (C=O) groups excluding carboxylic acids is 2. The van der Waals surface area contributed by atoms with Gasteiger partial charge < -0.3 is 10.6 Å². The highest BCUT2D eigenvalue weighted by Gasteiger charge is 2.21. The van der Waals surface area contributed by atoms with Gasteiger partial charge >= 0.3 is 0 Å². The lowest BCUT2D eigenvalue weighted by Gasteiger charge is -2.21. The molecule has 1 saturated carbocycles. The fourth-order valence-electron chi connectivity index (χ4n) is 2.74. The van der Waals surface area contributed by atoms with Crippen molar-refractivity contribution >= 4 is 23.2 Å². The Balaban J connectivity index is 2.07. The van der Waals surface area contributed by atoms with E-state index in [1.54, 1.807) is 0 Å². The van der Waals surface area contributed by atoms with Crippen molar-refractivity contribution in [1.29, 1.82) is 0 Å². The fraction of sp³-hybridized carbons (Fsp3) is 0.529. The molecule has 2 rings (SSSR count). The summed E-state index contributed by atoms with van der Waals surface area (Å²) in [5.74, 6) is 0.220. The average Bonchev–Trinajstić information content (AvgIpc) is 2.52. The lowest BCUT2D eigenvalue weighted by atomic mass is 9.88. The number of nitrogens with one attached hydrogen (secondary N) is 2. The van der Waals surface area contributed by atoms with Crippen molar-refractivity contribution in [3.8, 4) is 0 Å². The highest BCUT2D eigenvalue weighted by molar-refractivity contribution is 5.96. The Morgan fingerprint density at radius 1 is 1.10 bits per heavy atom. The van der Waals surface area contributed by atoms with Crippen LogP contribution in [0.1, 0.15) is 51.0 Å². The van der Waals surface area contributed by atoms with Crippen molar-refractivity contribution in [2.75, 3.05) is 10.6 Å². The molecule has 1 aliphatic rings. The third-order valence-electron chi connectivity index (χ3n) is 4.16. The molecule has 0 radical (unpaired) electrons. The number of hydrogen-bond acceptors (Lipinski definition) is 2. The zero-order chi connectivity index (χ0) is 15.2. The molecule has 1 aliphatic carbocycles. The summed E-state index contributed by atoms with van der Waals surface area (Å²) in [6, 6.07) is 5.60. The van der Waals surface area contributed by atoms with Gasteiger partial charge in [0, 0.05) is 23.7 Å². The minimum atomic E-state index is -0.0196. The summed E-state index contributed by atoms with van der Waals surface area (Å²) >= 11 is 0. The minimum Gasteiger partial charge on any atom is -0.326 e. The quantitative estimate of drug-likeness (QED) is 0.883. The van der Waals surface area contributed by atoms with E-state index in [9.17, 15) is 9.59 Å². The van der Waals surface area contributed by atoms with Crippen molar-refractivity contribution in [2.45, 2.75) is 52.4 Å². The highest BCUT2D eigenvalue weighted by Crippen LogP contribution is 2.27. The predicted octanol–water partition coefficient (Wildman–Crippen LogP) is 3.86. The molecule has 0 bridgehead atoms. The van der Waals surface area contributed by atoms with Crippen LogP contribution in [0.4, 0.5) is 11.4 Å². The Bertz CT molecular complexity index is 520. The predicted molar refractivity (Wildman–Crippen MR) is 85.3 cm³/mol. The first-order valence-electron chi connectivity index (χ1n) is 7.82. The Morgan fingerprint density at radius 2 is 1.71 bits per heavy atom. The molecule has 4 nitrogen and oxygen atoms in total. The second-order valence-electron chi connectivity index (χ2n) is 5.70. The Labute approximate surface area is 126 Å². The second-order valence-corrected chi connectivity index (χ2v) is 5.70. The monoisotopic (exact) mass is 288 g/mol. The number of hydrogen-bond donors (Lipinski definition) is 2. The van der Waals surface area contributed by atoms with E-state index in [2.05, 4.69) is 10.6 Å². The summed E-state index contributed by atoms with van der Waals surface area (Å²) in [6.45, 7) is 3.74. The third-order valence-corrected chi connectivity index (χ3v) is 4.16. The third kappa shape index (κ3) is 4.06. The first-order valence-corrected chi connectivity index (χ1v) is 7.82. The lowest BCUT2D eigenvalue weighted by Crippen LogP contribution is -2.25. The van der Waals surface area contributed by atoms with Gasteiger partial charge in [0.25, 0.3) is 0 Å². The molecule has 0 saturated heterocycles. The number of carbonyl (C=O) groups is 2. The smallest absolute Gasteiger partial charge is 0.227 e. The maximum atomic E-state index is 12.3. The standard InChI is InChI=1S/C17H24N2O2/c1-3-16(20)18-14-10-7-11-15(12(14)2)19-17(21)13-8-5-4-6-9-13/h7,10-11,13H,3-6,8-9H2,1-2H3,(H,18,20)(H,19,21). The maximum absolute atomic E-state index is 12.3. The summed E-state index contributed by atoms with van der Waals surface area (Å²) in [5.41, 5.74) is 2.46. The molecule has 1 fully saturated rings. The molecular weight excluding hydrogens is 264 g/mol. The van der Waals surface area contributed by atoms with Crippen LogP contribution in [0, 0.1) is 12.8 Å². The van der Waals surface area contributed by atoms with Crippen LogP contribution in [0.5, 0.6) is 0 Å². The molecule has 0 unspecified atom stereocenters. The summed E-state index contributed by atoms with van der Waals surface area (Å²) in [5, 5.41) is 5.88. The molecular formula is C17H24N2O2. The van der Waals surface area contributed by atoms with Gasteiger partial charge in [0.2, 0.25) is 11.8 Å². The lowest BCUT2D eigenvalue weighted by molar-refractivity contribution is -0.120. The first kappa shape index (κ1) is 15.5. The van der Waals surface area contributed by atoms with Crippen LogP contribution in [-0.4, -0.2) is 11.8 Å². The molecule has 0 aliphatic heterocycles. The normalized spacial score (nSPS) is 15.5. The van der Waals surface area contributed by atoms with E-state index in [0.717, 1.165) is 42.6 Å². The number of anilines is 2.